The highest BCUT2D eigenvalue weighted by Crippen LogP contribution is 2.43. The molecule has 4 aromatic rings. The molecule has 1 amide bonds. The van der Waals surface area contributed by atoms with Gasteiger partial charge in [0, 0.05) is 10.9 Å². The Bertz CT molecular complexity index is 1490. The van der Waals surface area contributed by atoms with E-state index in [4.69, 9.17) is 9.72 Å². The molecule has 1 unspecified atom stereocenters. The number of carbonyl (C=O) groups is 1. The summed E-state index contributed by atoms with van der Waals surface area (Å²) >= 11 is 3.00. The van der Waals surface area contributed by atoms with Crippen LogP contribution < -0.4 is 10.1 Å². The highest BCUT2D eigenvalue weighted by Gasteiger charge is 2.32. The molecule has 3 aromatic heterocycles. The monoisotopic (exact) mass is 526 g/mol. The third-order valence-electron chi connectivity index (χ3n) is 6.65. The number of rotatable bonds is 6. The van der Waals surface area contributed by atoms with Gasteiger partial charge in [0.05, 0.1) is 34.9 Å². The van der Waals surface area contributed by atoms with Crippen molar-refractivity contribution in [3.8, 4) is 5.75 Å². The number of thiophene rings is 1. The van der Waals surface area contributed by atoms with Gasteiger partial charge in [-0.2, -0.15) is 0 Å². The lowest BCUT2D eigenvalue weighted by atomic mass is 9.72. The number of nitro benzene ring substituents is 1. The second-order valence-corrected chi connectivity index (χ2v) is 11.9. The van der Waals surface area contributed by atoms with Crippen LogP contribution in [0.4, 0.5) is 11.4 Å². The van der Waals surface area contributed by atoms with Crippen molar-refractivity contribution in [1.29, 1.82) is 0 Å². The molecule has 0 fully saturated rings. The van der Waals surface area contributed by atoms with Crippen LogP contribution in [0.5, 0.6) is 5.75 Å². The molecule has 188 valence electrons. The number of fused-ring (bicyclic) bond motifs is 5. The van der Waals surface area contributed by atoms with E-state index in [-0.39, 0.29) is 28.5 Å². The predicted molar refractivity (Wildman–Crippen MR) is 140 cm³/mol. The predicted octanol–water partition coefficient (Wildman–Crippen LogP) is 5.14. The molecule has 1 atom stereocenters. The average molecular weight is 527 g/mol. The van der Waals surface area contributed by atoms with Gasteiger partial charge in [-0.3, -0.25) is 19.3 Å². The number of aromatic nitrogens is 4. The second kappa shape index (κ2) is 9.32. The zero-order valence-electron chi connectivity index (χ0n) is 20.4. The Morgan fingerprint density at radius 1 is 1.36 bits per heavy atom. The molecule has 0 bridgehead atoms. The Balaban J connectivity index is 1.34. The number of ether oxygens (including phenoxy) is 1. The summed E-state index contributed by atoms with van der Waals surface area (Å²) in [5.41, 5.74) is 2.63. The van der Waals surface area contributed by atoms with Crippen molar-refractivity contribution in [3.05, 3.63) is 45.1 Å². The van der Waals surface area contributed by atoms with Gasteiger partial charge in [-0.25, -0.2) is 4.98 Å². The quantitative estimate of drug-likeness (QED) is 0.208. The average Bonchev–Trinajstić information content (AvgIpc) is 3.42. The molecule has 12 heteroatoms. The molecule has 36 heavy (non-hydrogen) atoms. The first-order valence-corrected chi connectivity index (χ1v) is 13.3. The van der Waals surface area contributed by atoms with Crippen LogP contribution in [0.3, 0.4) is 0 Å². The van der Waals surface area contributed by atoms with E-state index in [1.807, 2.05) is 4.40 Å². The molecule has 1 aliphatic carbocycles. The van der Waals surface area contributed by atoms with Crippen molar-refractivity contribution in [2.75, 3.05) is 18.2 Å². The van der Waals surface area contributed by atoms with Crippen LogP contribution in [-0.4, -0.2) is 43.3 Å². The topological polar surface area (TPSA) is 125 Å². The van der Waals surface area contributed by atoms with Crippen molar-refractivity contribution in [1.82, 2.24) is 19.6 Å². The lowest BCUT2D eigenvalue weighted by molar-refractivity contribution is -0.384. The summed E-state index contributed by atoms with van der Waals surface area (Å²) in [6.07, 6.45) is 4.94. The van der Waals surface area contributed by atoms with Crippen molar-refractivity contribution in [2.45, 2.75) is 45.2 Å². The summed E-state index contributed by atoms with van der Waals surface area (Å²) in [6, 6.07) is 4.05. The number of thioether (sulfide) groups is 1. The molecule has 1 N–H and O–H groups in total. The summed E-state index contributed by atoms with van der Waals surface area (Å²) in [4.78, 5) is 30.1. The molecular formula is C24H26N6O4S2. The zero-order valence-corrected chi connectivity index (χ0v) is 22.0. The maximum Gasteiger partial charge on any atom is 0.273 e. The van der Waals surface area contributed by atoms with Crippen molar-refractivity contribution in [3.63, 3.8) is 0 Å². The molecule has 0 spiro atoms. The highest BCUT2D eigenvalue weighted by molar-refractivity contribution is 7.99. The number of hydrogen-bond acceptors (Lipinski definition) is 9. The molecule has 5 rings (SSSR count). The van der Waals surface area contributed by atoms with Crippen LogP contribution >= 0.6 is 23.1 Å². The number of anilines is 1. The fraction of sp³-hybridized carbons (Fsp3) is 0.417. The van der Waals surface area contributed by atoms with E-state index >= 15 is 0 Å². The number of nitro groups is 1. The number of benzene rings is 1. The van der Waals surface area contributed by atoms with Gasteiger partial charge in [-0.1, -0.05) is 32.5 Å². The summed E-state index contributed by atoms with van der Waals surface area (Å²) in [5, 5.41) is 24.2. The Hall–Kier alpha value is -3.25. The fourth-order valence-electron chi connectivity index (χ4n) is 4.61. The number of hydrogen-bond donors (Lipinski definition) is 1. The van der Waals surface area contributed by atoms with Gasteiger partial charge in [0.2, 0.25) is 5.91 Å². The molecule has 0 radical (unpaired) electrons. The number of nitrogens with zero attached hydrogens (tertiary/aromatic N) is 5. The molecule has 0 saturated heterocycles. The molecule has 0 aliphatic heterocycles. The number of aryl methyl sites for hydroxylation is 1. The van der Waals surface area contributed by atoms with Gasteiger partial charge >= 0.3 is 0 Å². The Morgan fingerprint density at radius 3 is 2.89 bits per heavy atom. The molecule has 10 nitrogen and oxygen atoms in total. The van der Waals surface area contributed by atoms with Gasteiger partial charge in [0.1, 0.15) is 16.9 Å². The Labute approximate surface area is 215 Å². The van der Waals surface area contributed by atoms with E-state index in [1.54, 1.807) is 17.7 Å². The van der Waals surface area contributed by atoms with E-state index < -0.39 is 4.92 Å². The van der Waals surface area contributed by atoms with E-state index in [1.165, 1.54) is 47.5 Å². The fourth-order valence-corrected chi connectivity index (χ4v) is 6.57. The third kappa shape index (κ3) is 4.50. The molecular weight excluding hydrogens is 500 g/mol. The van der Waals surface area contributed by atoms with Crippen LogP contribution in [0.2, 0.25) is 0 Å². The smallest absolute Gasteiger partial charge is 0.273 e. The zero-order chi connectivity index (χ0) is 25.6. The normalized spacial score (nSPS) is 15.7. The summed E-state index contributed by atoms with van der Waals surface area (Å²) < 4.78 is 7.03. The van der Waals surface area contributed by atoms with Crippen LogP contribution in [0, 0.1) is 21.4 Å². The summed E-state index contributed by atoms with van der Waals surface area (Å²) in [7, 11) is 1.39. The van der Waals surface area contributed by atoms with Crippen LogP contribution in [0.25, 0.3) is 15.9 Å². The van der Waals surface area contributed by atoms with Crippen molar-refractivity contribution >= 4 is 56.2 Å². The van der Waals surface area contributed by atoms with Gasteiger partial charge < -0.3 is 10.1 Å². The molecule has 3 heterocycles. The largest absolute Gasteiger partial charge is 0.494 e. The standard InChI is InChI=1S/C24H26N6O4S2/c1-24(2,3)13-5-7-15-18(9-13)36-22-20(15)21-27-28-23(29(21)12-25-22)35-11-19(31)26-16-8-6-14(30(32)33)10-17(16)34-4/h6,8,10,12-13H,5,7,9,11H2,1-4H3,(H,26,31). The van der Waals surface area contributed by atoms with Crippen LogP contribution in [-0.2, 0) is 17.6 Å². The first-order valence-electron chi connectivity index (χ1n) is 11.5. The number of methoxy groups -OCH3 is 1. The maximum absolute atomic E-state index is 12.6. The SMILES string of the molecule is COc1cc([N+](=O)[O-])ccc1NC(=O)CSc1nnc2c3c4c(sc3ncn12)CC(C(C)(C)C)CC4. The molecule has 0 saturated carbocycles. The van der Waals surface area contributed by atoms with Gasteiger partial charge in [0.25, 0.3) is 5.69 Å². The molecule has 1 aromatic carbocycles. The third-order valence-corrected chi connectivity index (χ3v) is 8.76. The Kier molecular flexibility index (Phi) is 6.33. The van der Waals surface area contributed by atoms with Gasteiger partial charge in [-0.15, -0.1) is 21.5 Å². The van der Waals surface area contributed by atoms with Crippen molar-refractivity contribution < 1.29 is 14.5 Å². The van der Waals surface area contributed by atoms with Gasteiger partial charge in [-0.05, 0) is 42.2 Å². The molecule has 1 aliphatic rings. The lowest BCUT2D eigenvalue weighted by Crippen LogP contribution is -2.26. The summed E-state index contributed by atoms with van der Waals surface area (Å²) in [6.45, 7) is 6.92. The minimum absolute atomic E-state index is 0.0774. The lowest BCUT2D eigenvalue weighted by Gasteiger charge is -2.33. The van der Waals surface area contributed by atoms with Gasteiger partial charge in [0.15, 0.2) is 10.8 Å². The second-order valence-electron chi connectivity index (χ2n) is 9.89. The Morgan fingerprint density at radius 2 is 2.17 bits per heavy atom. The van der Waals surface area contributed by atoms with Crippen LogP contribution in [0.15, 0.2) is 29.7 Å². The first kappa shape index (κ1) is 24.4. The van der Waals surface area contributed by atoms with E-state index in [0.717, 1.165) is 35.1 Å². The highest BCUT2D eigenvalue weighted by atomic mass is 32.2. The maximum atomic E-state index is 12.6. The van der Waals surface area contributed by atoms with E-state index in [9.17, 15) is 14.9 Å². The minimum atomic E-state index is -0.515. The van der Waals surface area contributed by atoms with Crippen LogP contribution in [0.1, 0.15) is 37.6 Å². The first-order chi connectivity index (χ1) is 17.2. The van der Waals surface area contributed by atoms with Crippen molar-refractivity contribution in [2.24, 2.45) is 11.3 Å². The minimum Gasteiger partial charge on any atom is -0.494 e. The number of nitrogens with one attached hydrogen (secondary N) is 1. The van der Waals surface area contributed by atoms with E-state index in [0.29, 0.717) is 16.8 Å². The summed E-state index contributed by atoms with van der Waals surface area (Å²) in [5.74, 6) is 0.650. The number of carbonyl (C=O) groups excluding carboxylic acids is 1. The number of amides is 1. The number of non-ortho nitro benzene ring substituents is 1. The van der Waals surface area contributed by atoms with E-state index in [2.05, 4.69) is 36.3 Å².